The van der Waals surface area contributed by atoms with Gasteiger partial charge in [-0.15, -0.1) is 0 Å². The summed E-state index contributed by atoms with van der Waals surface area (Å²) in [5.74, 6) is 1.56. The van der Waals surface area contributed by atoms with Crippen molar-refractivity contribution in [1.82, 2.24) is 4.31 Å². The molecule has 5 heteroatoms. The molecule has 2 aliphatic rings. The van der Waals surface area contributed by atoms with E-state index in [9.17, 15) is 8.42 Å². The molecule has 0 spiro atoms. The molecule has 0 bridgehead atoms. The van der Waals surface area contributed by atoms with Crippen LogP contribution in [0, 0.1) is 11.8 Å². The normalized spacial score (nSPS) is 21.1. The fourth-order valence-electron chi connectivity index (χ4n) is 2.04. The van der Waals surface area contributed by atoms with E-state index in [0.29, 0.717) is 24.8 Å². The third kappa shape index (κ3) is 4.56. The summed E-state index contributed by atoms with van der Waals surface area (Å²) in [6, 6.07) is 0. The minimum Gasteiger partial charge on any atom is -0.330 e. The van der Waals surface area contributed by atoms with Crippen LogP contribution >= 0.6 is 0 Å². The van der Waals surface area contributed by atoms with Crippen molar-refractivity contribution < 1.29 is 8.42 Å². The largest absolute Gasteiger partial charge is 0.330 e. The number of sulfonamides is 1. The number of hydrogen-bond donors (Lipinski definition) is 1. The maximum Gasteiger partial charge on any atom is 0.214 e. The lowest BCUT2D eigenvalue weighted by Crippen LogP contribution is -2.36. The molecular formula is C12H24N2O2S. The van der Waals surface area contributed by atoms with Gasteiger partial charge in [-0.1, -0.05) is 0 Å². The van der Waals surface area contributed by atoms with E-state index in [-0.39, 0.29) is 5.75 Å². The molecule has 0 aliphatic heterocycles. The van der Waals surface area contributed by atoms with Crippen molar-refractivity contribution in [2.24, 2.45) is 17.6 Å². The highest BCUT2D eigenvalue weighted by Gasteiger charge is 2.34. The lowest BCUT2D eigenvalue weighted by molar-refractivity contribution is 0.381. The van der Waals surface area contributed by atoms with Crippen LogP contribution in [0.3, 0.4) is 0 Å². The molecule has 0 saturated heterocycles. The van der Waals surface area contributed by atoms with Gasteiger partial charge in [0.1, 0.15) is 0 Å². The summed E-state index contributed by atoms with van der Waals surface area (Å²) in [6.07, 6.45) is 6.34. The van der Waals surface area contributed by atoms with E-state index in [0.717, 1.165) is 19.5 Å². The SMILES string of the molecule is NCCCCS(=O)(=O)N(CC1CC1)CC1CC1. The summed E-state index contributed by atoms with van der Waals surface area (Å²) in [5.41, 5.74) is 5.41. The summed E-state index contributed by atoms with van der Waals surface area (Å²) < 4.78 is 26.2. The molecule has 0 amide bonds. The van der Waals surface area contributed by atoms with Crippen LogP contribution < -0.4 is 5.73 Å². The average molecular weight is 260 g/mol. The van der Waals surface area contributed by atoms with Crippen LogP contribution in [-0.2, 0) is 10.0 Å². The quantitative estimate of drug-likeness (QED) is 0.633. The summed E-state index contributed by atoms with van der Waals surface area (Å²) in [4.78, 5) is 0. The Morgan fingerprint density at radius 3 is 1.94 bits per heavy atom. The third-order valence-corrected chi connectivity index (χ3v) is 5.46. The molecule has 0 aromatic carbocycles. The Hall–Kier alpha value is -0.130. The Balaban J connectivity index is 1.86. The van der Waals surface area contributed by atoms with Crippen molar-refractivity contribution in [2.45, 2.75) is 38.5 Å². The van der Waals surface area contributed by atoms with Crippen molar-refractivity contribution in [3.63, 3.8) is 0 Å². The molecule has 17 heavy (non-hydrogen) atoms. The smallest absolute Gasteiger partial charge is 0.214 e. The van der Waals surface area contributed by atoms with Gasteiger partial charge >= 0.3 is 0 Å². The van der Waals surface area contributed by atoms with Crippen LogP contribution in [0.1, 0.15) is 38.5 Å². The molecular weight excluding hydrogens is 236 g/mol. The second-order valence-electron chi connectivity index (χ2n) is 5.52. The summed E-state index contributed by atoms with van der Waals surface area (Å²) in [7, 11) is -3.03. The van der Waals surface area contributed by atoms with E-state index in [1.54, 1.807) is 4.31 Å². The van der Waals surface area contributed by atoms with Gasteiger partial charge in [-0.2, -0.15) is 0 Å². The average Bonchev–Trinajstić information content (AvgIpc) is 3.11. The Kier molecular flexibility index (Phi) is 4.44. The number of hydrogen-bond acceptors (Lipinski definition) is 3. The molecule has 100 valence electrons. The van der Waals surface area contributed by atoms with E-state index in [1.165, 1.54) is 25.7 Å². The lowest BCUT2D eigenvalue weighted by Gasteiger charge is -2.22. The van der Waals surface area contributed by atoms with Crippen molar-refractivity contribution >= 4 is 10.0 Å². The van der Waals surface area contributed by atoms with Crippen LogP contribution in [-0.4, -0.2) is 38.1 Å². The molecule has 2 fully saturated rings. The van der Waals surface area contributed by atoms with Gasteiger partial charge in [-0.05, 0) is 56.9 Å². The molecule has 0 aromatic rings. The third-order valence-electron chi connectivity index (χ3n) is 3.57. The topological polar surface area (TPSA) is 63.4 Å². The number of nitrogens with zero attached hydrogens (tertiary/aromatic N) is 1. The first-order chi connectivity index (χ1) is 8.12. The van der Waals surface area contributed by atoms with Crippen molar-refractivity contribution in [2.75, 3.05) is 25.4 Å². The molecule has 0 unspecified atom stereocenters. The highest BCUT2D eigenvalue weighted by molar-refractivity contribution is 7.89. The number of rotatable bonds is 9. The minimum absolute atomic E-state index is 0.281. The number of unbranched alkanes of at least 4 members (excludes halogenated alkanes) is 1. The molecule has 0 heterocycles. The molecule has 2 rings (SSSR count). The number of nitrogens with two attached hydrogens (primary N) is 1. The second kappa shape index (κ2) is 5.67. The monoisotopic (exact) mass is 260 g/mol. The molecule has 0 radical (unpaired) electrons. The van der Waals surface area contributed by atoms with Crippen LogP contribution in [0.5, 0.6) is 0 Å². The molecule has 2 saturated carbocycles. The first kappa shape index (κ1) is 13.3. The fourth-order valence-corrected chi connectivity index (χ4v) is 3.74. The fraction of sp³-hybridized carbons (Fsp3) is 1.00. The van der Waals surface area contributed by atoms with Gasteiger partial charge in [-0.3, -0.25) is 0 Å². The van der Waals surface area contributed by atoms with Crippen molar-refractivity contribution in [1.29, 1.82) is 0 Å². The Morgan fingerprint density at radius 2 is 1.53 bits per heavy atom. The van der Waals surface area contributed by atoms with E-state index in [1.807, 2.05) is 0 Å². The van der Waals surface area contributed by atoms with Crippen molar-refractivity contribution in [3.05, 3.63) is 0 Å². The minimum atomic E-state index is -3.03. The maximum atomic E-state index is 12.2. The zero-order valence-electron chi connectivity index (χ0n) is 10.5. The second-order valence-corrected chi connectivity index (χ2v) is 7.60. The Labute approximate surface area is 105 Å². The van der Waals surface area contributed by atoms with Crippen molar-refractivity contribution in [3.8, 4) is 0 Å². The first-order valence-corrected chi connectivity index (χ1v) is 8.40. The van der Waals surface area contributed by atoms with Crippen LogP contribution in [0.4, 0.5) is 0 Å². The zero-order valence-corrected chi connectivity index (χ0v) is 11.3. The predicted molar refractivity (Wildman–Crippen MR) is 69.1 cm³/mol. The highest BCUT2D eigenvalue weighted by Crippen LogP contribution is 2.34. The van der Waals surface area contributed by atoms with Crippen LogP contribution in [0.25, 0.3) is 0 Å². The molecule has 0 aromatic heterocycles. The van der Waals surface area contributed by atoms with E-state index in [4.69, 9.17) is 5.73 Å². The van der Waals surface area contributed by atoms with Crippen LogP contribution in [0.15, 0.2) is 0 Å². The summed E-state index contributed by atoms with van der Waals surface area (Å²) >= 11 is 0. The highest BCUT2D eigenvalue weighted by atomic mass is 32.2. The molecule has 2 aliphatic carbocycles. The standard InChI is InChI=1S/C12H24N2O2S/c13-7-1-2-8-17(15,16)14(9-11-3-4-11)10-12-5-6-12/h11-12H,1-10,13H2. The van der Waals surface area contributed by atoms with Crippen LogP contribution in [0.2, 0.25) is 0 Å². The predicted octanol–water partition coefficient (Wildman–Crippen LogP) is 1.18. The van der Waals surface area contributed by atoms with E-state index >= 15 is 0 Å². The van der Waals surface area contributed by atoms with Gasteiger partial charge in [-0.25, -0.2) is 12.7 Å². The maximum absolute atomic E-state index is 12.2. The van der Waals surface area contributed by atoms with Gasteiger partial charge in [0.2, 0.25) is 10.0 Å². The lowest BCUT2D eigenvalue weighted by atomic mass is 10.3. The van der Waals surface area contributed by atoms with Gasteiger partial charge in [0.05, 0.1) is 5.75 Å². The summed E-state index contributed by atoms with van der Waals surface area (Å²) in [5, 5.41) is 0. The Morgan fingerprint density at radius 1 is 1.00 bits per heavy atom. The van der Waals surface area contributed by atoms with Gasteiger partial charge in [0.25, 0.3) is 0 Å². The summed E-state index contributed by atoms with van der Waals surface area (Å²) in [6.45, 7) is 2.11. The zero-order chi connectivity index (χ0) is 12.3. The van der Waals surface area contributed by atoms with Gasteiger partial charge in [0, 0.05) is 13.1 Å². The molecule has 2 N–H and O–H groups in total. The molecule has 4 nitrogen and oxygen atoms in total. The first-order valence-electron chi connectivity index (χ1n) is 6.79. The van der Waals surface area contributed by atoms with Gasteiger partial charge in [0.15, 0.2) is 0 Å². The van der Waals surface area contributed by atoms with Gasteiger partial charge < -0.3 is 5.73 Å². The van der Waals surface area contributed by atoms with E-state index < -0.39 is 10.0 Å². The molecule has 0 atom stereocenters. The Bertz CT molecular complexity index is 320. The van der Waals surface area contributed by atoms with E-state index in [2.05, 4.69) is 0 Å².